The molecule has 0 aliphatic rings. The molecule has 0 amide bonds. The van der Waals surface area contributed by atoms with Crippen LogP contribution in [0.4, 0.5) is 0 Å². The maximum Gasteiger partial charge on any atom is 0.132 e. The molecule has 0 N–H and O–H groups in total. The van der Waals surface area contributed by atoms with E-state index in [2.05, 4.69) is 9.97 Å². The zero-order chi connectivity index (χ0) is 7.56. The van der Waals surface area contributed by atoms with Crippen molar-refractivity contribution >= 4 is 11.6 Å². The van der Waals surface area contributed by atoms with Crippen LogP contribution in [0, 0.1) is 0 Å². The van der Waals surface area contributed by atoms with Crippen molar-refractivity contribution in [1.82, 2.24) is 9.97 Å². The molecule has 1 aromatic heterocycles. The van der Waals surface area contributed by atoms with Crippen molar-refractivity contribution in [3.05, 3.63) is 23.2 Å². The summed E-state index contributed by atoms with van der Waals surface area (Å²) in [5.74, 6) is 1.14. The highest BCUT2D eigenvalue weighted by Gasteiger charge is 2.00. The second-order valence-corrected chi connectivity index (χ2v) is 2.78. The quantitative estimate of drug-likeness (QED) is 0.583. The van der Waals surface area contributed by atoms with E-state index in [0.29, 0.717) is 11.1 Å². The Morgan fingerprint density at radius 1 is 1.50 bits per heavy atom. The van der Waals surface area contributed by atoms with Crippen molar-refractivity contribution in [2.45, 2.75) is 19.8 Å². The predicted octanol–water partition coefficient (Wildman–Crippen LogP) is 2.25. The Morgan fingerprint density at radius 3 is 2.60 bits per heavy atom. The third-order valence-electron chi connectivity index (χ3n) is 1.16. The number of halogens is 1. The van der Waals surface area contributed by atoms with Gasteiger partial charge in [0.2, 0.25) is 0 Å². The molecule has 0 fully saturated rings. The van der Waals surface area contributed by atoms with Gasteiger partial charge in [-0.25, -0.2) is 9.97 Å². The Hall–Kier alpha value is -0.630. The molecule has 0 aromatic carbocycles. The number of aromatic nitrogens is 2. The minimum atomic E-state index is 0.346. The molecule has 1 heterocycles. The van der Waals surface area contributed by atoms with Crippen molar-refractivity contribution in [3.63, 3.8) is 0 Å². The van der Waals surface area contributed by atoms with Gasteiger partial charge in [-0.05, 0) is 6.07 Å². The van der Waals surface area contributed by atoms with Gasteiger partial charge in [0.1, 0.15) is 11.0 Å². The lowest BCUT2D eigenvalue weighted by Crippen LogP contribution is -1.95. The number of hydrogen-bond donors (Lipinski definition) is 0. The Kier molecular flexibility index (Phi) is 2.22. The first kappa shape index (κ1) is 7.48. The molecule has 0 unspecified atom stereocenters. The highest BCUT2D eigenvalue weighted by Crippen LogP contribution is 2.10. The van der Waals surface area contributed by atoms with E-state index in [1.165, 1.54) is 0 Å². The summed E-state index contributed by atoms with van der Waals surface area (Å²) < 4.78 is 0. The van der Waals surface area contributed by atoms with E-state index in [-0.39, 0.29) is 0 Å². The van der Waals surface area contributed by atoms with Crippen molar-refractivity contribution in [3.8, 4) is 0 Å². The lowest BCUT2D eigenvalue weighted by atomic mass is 10.2. The number of nitrogens with zero attached hydrogens (tertiary/aromatic N) is 2. The van der Waals surface area contributed by atoms with Crippen LogP contribution in [-0.2, 0) is 0 Å². The molecule has 0 spiro atoms. The van der Waals surface area contributed by atoms with Crippen LogP contribution in [0.25, 0.3) is 0 Å². The molecule has 0 saturated heterocycles. The molecule has 0 aliphatic carbocycles. The third kappa shape index (κ3) is 1.67. The molecular formula is C7H9ClN2. The minimum absolute atomic E-state index is 0.346. The van der Waals surface area contributed by atoms with Crippen LogP contribution in [0.15, 0.2) is 12.3 Å². The monoisotopic (exact) mass is 156 g/mol. The van der Waals surface area contributed by atoms with Crippen molar-refractivity contribution in [1.29, 1.82) is 0 Å². The minimum Gasteiger partial charge on any atom is -0.241 e. The fourth-order valence-corrected chi connectivity index (χ4v) is 0.772. The van der Waals surface area contributed by atoms with Gasteiger partial charge in [0.25, 0.3) is 0 Å². The van der Waals surface area contributed by atoms with Crippen LogP contribution < -0.4 is 0 Å². The highest BCUT2D eigenvalue weighted by atomic mass is 35.5. The van der Waals surface area contributed by atoms with Gasteiger partial charge in [0, 0.05) is 12.1 Å². The van der Waals surface area contributed by atoms with E-state index in [1.807, 2.05) is 13.8 Å². The van der Waals surface area contributed by atoms with E-state index in [4.69, 9.17) is 11.6 Å². The van der Waals surface area contributed by atoms with Gasteiger partial charge in [0.05, 0.1) is 0 Å². The van der Waals surface area contributed by atoms with Gasteiger partial charge < -0.3 is 0 Å². The lowest BCUT2D eigenvalue weighted by molar-refractivity contribution is 0.774. The Bertz CT molecular complexity index is 223. The zero-order valence-corrected chi connectivity index (χ0v) is 6.76. The summed E-state index contributed by atoms with van der Waals surface area (Å²) in [5, 5.41) is 0.513. The standard InChI is InChI=1S/C7H9ClN2/c1-5(2)7-9-4-3-6(8)10-7/h3-5H,1-2H3. The summed E-state index contributed by atoms with van der Waals surface area (Å²) in [4.78, 5) is 8.07. The highest BCUT2D eigenvalue weighted by molar-refractivity contribution is 6.29. The molecule has 0 aliphatic heterocycles. The predicted molar refractivity (Wildman–Crippen MR) is 41.1 cm³/mol. The van der Waals surface area contributed by atoms with E-state index in [9.17, 15) is 0 Å². The second-order valence-electron chi connectivity index (χ2n) is 2.39. The van der Waals surface area contributed by atoms with Gasteiger partial charge in [-0.15, -0.1) is 0 Å². The third-order valence-corrected chi connectivity index (χ3v) is 1.37. The summed E-state index contributed by atoms with van der Waals surface area (Å²) in [7, 11) is 0. The molecule has 54 valence electrons. The van der Waals surface area contributed by atoms with Crippen molar-refractivity contribution in [2.24, 2.45) is 0 Å². The Labute approximate surface area is 65.3 Å². The average molecular weight is 157 g/mol. The van der Waals surface area contributed by atoms with Gasteiger partial charge in [-0.1, -0.05) is 25.4 Å². The first-order valence-corrected chi connectivity index (χ1v) is 3.56. The van der Waals surface area contributed by atoms with Crippen molar-refractivity contribution in [2.75, 3.05) is 0 Å². The largest absolute Gasteiger partial charge is 0.241 e. The smallest absolute Gasteiger partial charge is 0.132 e. The van der Waals surface area contributed by atoms with Crippen LogP contribution >= 0.6 is 11.6 Å². The zero-order valence-electron chi connectivity index (χ0n) is 6.00. The Morgan fingerprint density at radius 2 is 2.20 bits per heavy atom. The molecule has 1 rings (SSSR count). The topological polar surface area (TPSA) is 25.8 Å². The fourth-order valence-electron chi connectivity index (χ4n) is 0.629. The van der Waals surface area contributed by atoms with E-state index < -0.39 is 0 Å². The van der Waals surface area contributed by atoms with E-state index >= 15 is 0 Å². The first-order chi connectivity index (χ1) is 4.70. The summed E-state index contributed by atoms with van der Waals surface area (Å²) in [6.07, 6.45) is 1.67. The van der Waals surface area contributed by atoms with Gasteiger partial charge in [-0.2, -0.15) is 0 Å². The van der Waals surface area contributed by atoms with Crippen LogP contribution in [-0.4, -0.2) is 9.97 Å². The molecule has 0 bridgehead atoms. The lowest BCUT2D eigenvalue weighted by Gasteiger charge is -2.00. The second kappa shape index (κ2) is 2.97. The molecular weight excluding hydrogens is 148 g/mol. The first-order valence-electron chi connectivity index (χ1n) is 3.18. The van der Waals surface area contributed by atoms with Crippen LogP contribution in [0.5, 0.6) is 0 Å². The summed E-state index contributed by atoms with van der Waals surface area (Å²) in [5.41, 5.74) is 0. The van der Waals surface area contributed by atoms with Gasteiger partial charge in [0.15, 0.2) is 0 Å². The number of rotatable bonds is 1. The summed E-state index contributed by atoms with van der Waals surface area (Å²) >= 11 is 5.64. The molecule has 0 saturated carbocycles. The van der Waals surface area contributed by atoms with E-state index in [0.717, 1.165) is 5.82 Å². The SMILES string of the molecule is CC(C)c1nccc(Cl)n1. The molecule has 2 nitrogen and oxygen atoms in total. The summed E-state index contributed by atoms with van der Waals surface area (Å²) in [6.45, 7) is 4.07. The van der Waals surface area contributed by atoms with Crippen LogP contribution in [0.3, 0.4) is 0 Å². The molecule has 3 heteroatoms. The normalized spacial score (nSPS) is 10.4. The number of hydrogen-bond acceptors (Lipinski definition) is 2. The molecule has 0 radical (unpaired) electrons. The van der Waals surface area contributed by atoms with Crippen LogP contribution in [0.2, 0.25) is 5.15 Å². The maximum atomic E-state index is 5.64. The van der Waals surface area contributed by atoms with Gasteiger partial charge >= 0.3 is 0 Å². The molecule has 0 atom stereocenters. The molecule has 1 aromatic rings. The Balaban J connectivity index is 2.96. The average Bonchev–Trinajstić information content (AvgIpc) is 1.88. The van der Waals surface area contributed by atoms with Gasteiger partial charge in [-0.3, -0.25) is 0 Å². The maximum absolute atomic E-state index is 5.64. The fraction of sp³-hybridized carbons (Fsp3) is 0.429. The van der Waals surface area contributed by atoms with E-state index in [1.54, 1.807) is 12.3 Å². The summed E-state index contributed by atoms with van der Waals surface area (Å²) in [6, 6.07) is 1.67. The van der Waals surface area contributed by atoms with Crippen molar-refractivity contribution < 1.29 is 0 Å². The van der Waals surface area contributed by atoms with Crippen LogP contribution in [0.1, 0.15) is 25.6 Å². The molecule has 10 heavy (non-hydrogen) atoms.